The van der Waals surface area contributed by atoms with Gasteiger partial charge in [-0.25, -0.2) is 8.42 Å². The Balaban J connectivity index is 0.00000225. The molecule has 1 aromatic carbocycles. The first kappa shape index (κ1) is 21.0. The number of hydrogen-bond donors (Lipinski definition) is 1. The van der Waals surface area contributed by atoms with E-state index in [1.807, 2.05) is 18.2 Å². The molecule has 0 radical (unpaired) electrons. The zero-order valence-corrected chi connectivity index (χ0v) is 17.0. The summed E-state index contributed by atoms with van der Waals surface area (Å²) in [7, 11) is -3.15. The van der Waals surface area contributed by atoms with Crippen LogP contribution in [0.25, 0.3) is 0 Å². The van der Waals surface area contributed by atoms with Gasteiger partial charge < -0.3 is 5.73 Å². The van der Waals surface area contributed by atoms with E-state index in [4.69, 9.17) is 17.3 Å². The maximum absolute atomic E-state index is 12.2. The molecule has 0 atom stereocenters. The number of sulfonamides is 1. The lowest BCUT2D eigenvalue weighted by Crippen LogP contribution is -2.47. The monoisotopic (exact) mass is 406 g/mol. The van der Waals surface area contributed by atoms with Crippen molar-refractivity contribution < 1.29 is 8.42 Å². The van der Waals surface area contributed by atoms with E-state index >= 15 is 0 Å². The Hall–Kier alpha value is -0.330. The predicted molar refractivity (Wildman–Crippen MR) is 106 cm³/mol. The summed E-state index contributed by atoms with van der Waals surface area (Å²) in [6.07, 6.45) is 7.21. The molecule has 0 saturated heterocycles. The van der Waals surface area contributed by atoms with E-state index in [-0.39, 0.29) is 23.9 Å². The van der Waals surface area contributed by atoms with Gasteiger partial charge in [0.05, 0.1) is 6.26 Å². The van der Waals surface area contributed by atoms with Crippen molar-refractivity contribution in [3.63, 3.8) is 0 Å². The topological polar surface area (TPSA) is 63.4 Å². The fourth-order valence-corrected chi connectivity index (χ4v) is 5.41. The van der Waals surface area contributed by atoms with Crippen LogP contribution in [0.4, 0.5) is 0 Å². The van der Waals surface area contributed by atoms with E-state index in [1.54, 1.807) is 4.31 Å². The molecule has 0 bridgehead atoms. The number of rotatable bonds is 6. The number of nitrogens with zero attached hydrogens (tertiary/aromatic N) is 1. The molecule has 0 aliphatic heterocycles. The molecule has 4 nitrogen and oxygen atoms in total. The van der Waals surface area contributed by atoms with Crippen LogP contribution in [0.15, 0.2) is 24.3 Å². The molecule has 0 amide bonds. The summed E-state index contributed by atoms with van der Waals surface area (Å²) in [5.74, 6) is 0.564. The van der Waals surface area contributed by atoms with Gasteiger partial charge in [-0.2, -0.15) is 4.31 Å². The van der Waals surface area contributed by atoms with Gasteiger partial charge in [-0.05, 0) is 62.1 Å². The smallest absolute Gasteiger partial charge is 0.211 e. The standard InChI is InChI=1S/C18H27ClN2O2S.ClH/c1-24(22,23)21(12-14-5-6-14)17-7-9-18(13-20,10-8-17)15-3-2-4-16(19)11-15;/h2-4,11,14,17H,5-10,12-13,20H2,1H3;1H/t17-,18+;. The van der Waals surface area contributed by atoms with Crippen LogP contribution in [-0.4, -0.2) is 38.1 Å². The van der Waals surface area contributed by atoms with Crippen molar-refractivity contribution in [3.8, 4) is 0 Å². The Labute approximate surface area is 162 Å². The SMILES string of the molecule is CS(=O)(=O)N(CC1CC1)[C@H]1CC[C@@](CN)(c2cccc(Cl)c2)CC1.Cl. The zero-order valence-electron chi connectivity index (χ0n) is 14.7. The third-order valence-corrected chi connectivity index (χ3v) is 7.24. The van der Waals surface area contributed by atoms with Gasteiger partial charge >= 0.3 is 0 Å². The second kappa shape index (κ2) is 8.13. The predicted octanol–water partition coefficient (Wildman–Crippen LogP) is 3.57. The summed E-state index contributed by atoms with van der Waals surface area (Å²) in [5.41, 5.74) is 7.25. The minimum Gasteiger partial charge on any atom is -0.330 e. The molecule has 142 valence electrons. The highest BCUT2D eigenvalue weighted by atomic mass is 35.5. The molecule has 1 aromatic rings. The van der Waals surface area contributed by atoms with Gasteiger partial charge in [-0.3, -0.25) is 0 Å². The van der Waals surface area contributed by atoms with Crippen molar-refractivity contribution in [1.82, 2.24) is 4.31 Å². The third-order valence-electron chi connectivity index (χ3n) is 5.71. The molecule has 2 saturated carbocycles. The van der Waals surface area contributed by atoms with Crippen LogP contribution in [0.5, 0.6) is 0 Å². The van der Waals surface area contributed by atoms with Crippen LogP contribution in [0.1, 0.15) is 44.1 Å². The molecule has 0 heterocycles. The Morgan fingerprint density at radius 2 is 1.88 bits per heavy atom. The minimum atomic E-state index is -3.15. The Morgan fingerprint density at radius 3 is 2.36 bits per heavy atom. The second-order valence-corrected chi connectivity index (χ2v) is 9.87. The summed E-state index contributed by atoms with van der Waals surface area (Å²) >= 11 is 6.16. The number of halogens is 2. The van der Waals surface area contributed by atoms with Crippen LogP contribution < -0.4 is 5.73 Å². The fourth-order valence-electron chi connectivity index (χ4n) is 3.98. The largest absolute Gasteiger partial charge is 0.330 e. The quantitative estimate of drug-likeness (QED) is 0.784. The van der Waals surface area contributed by atoms with E-state index < -0.39 is 10.0 Å². The first-order chi connectivity index (χ1) is 11.3. The van der Waals surface area contributed by atoms with Gasteiger partial charge in [-0.15, -0.1) is 12.4 Å². The summed E-state index contributed by atoms with van der Waals surface area (Å²) in [5, 5.41) is 0.731. The van der Waals surface area contributed by atoms with Gasteiger partial charge in [0.15, 0.2) is 0 Å². The lowest BCUT2D eigenvalue weighted by Gasteiger charge is -2.43. The normalized spacial score (nSPS) is 27.1. The van der Waals surface area contributed by atoms with E-state index in [0.29, 0.717) is 19.0 Å². The molecule has 2 fully saturated rings. The molecule has 0 aromatic heterocycles. The van der Waals surface area contributed by atoms with E-state index in [1.165, 1.54) is 11.8 Å². The number of nitrogens with two attached hydrogens (primary N) is 1. The van der Waals surface area contributed by atoms with Crippen molar-refractivity contribution in [2.24, 2.45) is 11.7 Å². The highest BCUT2D eigenvalue weighted by molar-refractivity contribution is 7.88. The summed E-state index contributed by atoms with van der Waals surface area (Å²) in [6.45, 7) is 1.26. The van der Waals surface area contributed by atoms with Gasteiger partial charge in [0.25, 0.3) is 0 Å². The summed E-state index contributed by atoms with van der Waals surface area (Å²) < 4.78 is 26.2. The summed E-state index contributed by atoms with van der Waals surface area (Å²) in [6, 6.07) is 8.06. The molecule has 0 unspecified atom stereocenters. The second-order valence-electron chi connectivity index (χ2n) is 7.50. The molecule has 2 N–H and O–H groups in total. The molecular weight excluding hydrogens is 379 g/mol. The zero-order chi connectivity index (χ0) is 17.4. The van der Waals surface area contributed by atoms with Crippen LogP contribution in [0.2, 0.25) is 5.02 Å². The highest BCUT2D eigenvalue weighted by Gasteiger charge is 2.40. The third kappa shape index (κ3) is 4.89. The minimum absolute atomic E-state index is 0. The molecule has 0 spiro atoms. The number of benzene rings is 1. The lowest BCUT2D eigenvalue weighted by atomic mass is 9.68. The highest BCUT2D eigenvalue weighted by Crippen LogP contribution is 2.42. The van der Waals surface area contributed by atoms with Crippen LogP contribution in [0.3, 0.4) is 0 Å². The first-order valence-corrected chi connectivity index (χ1v) is 11.0. The molecule has 7 heteroatoms. The average Bonchev–Trinajstić information content (AvgIpc) is 3.36. The maximum Gasteiger partial charge on any atom is 0.211 e. The van der Waals surface area contributed by atoms with E-state index in [9.17, 15) is 8.42 Å². The fraction of sp³-hybridized carbons (Fsp3) is 0.667. The van der Waals surface area contributed by atoms with Crippen molar-refractivity contribution in [2.75, 3.05) is 19.3 Å². The van der Waals surface area contributed by atoms with Crippen LogP contribution in [-0.2, 0) is 15.4 Å². The number of hydrogen-bond acceptors (Lipinski definition) is 3. The van der Waals surface area contributed by atoms with Crippen molar-refractivity contribution in [1.29, 1.82) is 0 Å². The Kier molecular flexibility index (Phi) is 6.83. The van der Waals surface area contributed by atoms with Gasteiger partial charge in [0.2, 0.25) is 10.0 Å². The molecular formula is C18H28Cl2N2O2S. The van der Waals surface area contributed by atoms with Gasteiger partial charge in [-0.1, -0.05) is 23.7 Å². The lowest BCUT2D eigenvalue weighted by molar-refractivity contribution is 0.189. The molecule has 3 rings (SSSR count). The van der Waals surface area contributed by atoms with Crippen LogP contribution in [0, 0.1) is 5.92 Å². The van der Waals surface area contributed by atoms with Gasteiger partial charge in [0.1, 0.15) is 0 Å². The van der Waals surface area contributed by atoms with Crippen molar-refractivity contribution in [3.05, 3.63) is 34.9 Å². The van der Waals surface area contributed by atoms with Crippen molar-refractivity contribution in [2.45, 2.75) is 50.0 Å². The Bertz CT molecular complexity index is 684. The average molecular weight is 407 g/mol. The van der Waals surface area contributed by atoms with E-state index in [0.717, 1.165) is 43.5 Å². The van der Waals surface area contributed by atoms with E-state index in [2.05, 4.69) is 6.07 Å². The van der Waals surface area contributed by atoms with Gasteiger partial charge in [0, 0.05) is 29.6 Å². The first-order valence-electron chi connectivity index (χ1n) is 8.77. The molecule has 2 aliphatic rings. The molecule has 25 heavy (non-hydrogen) atoms. The maximum atomic E-state index is 12.2. The Morgan fingerprint density at radius 1 is 1.24 bits per heavy atom. The summed E-state index contributed by atoms with van der Waals surface area (Å²) in [4.78, 5) is 0. The van der Waals surface area contributed by atoms with Crippen LogP contribution >= 0.6 is 24.0 Å². The molecule has 2 aliphatic carbocycles. The van der Waals surface area contributed by atoms with Crippen molar-refractivity contribution >= 4 is 34.0 Å².